The molecule has 1 aromatic carbocycles. The minimum atomic E-state index is -3.56. The molecule has 1 fully saturated rings. The Balaban J connectivity index is 1.80. The lowest BCUT2D eigenvalue weighted by molar-refractivity contribution is -0.118. The van der Waals surface area contributed by atoms with Gasteiger partial charge in [-0.25, -0.2) is 13.1 Å². The van der Waals surface area contributed by atoms with Crippen LogP contribution in [-0.2, 0) is 26.0 Å². The third-order valence-electron chi connectivity index (χ3n) is 4.46. The molecule has 1 amide bonds. The highest BCUT2D eigenvalue weighted by molar-refractivity contribution is 7.89. The third kappa shape index (κ3) is 3.57. The summed E-state index contributed by atoms with van der Waals surface area (Å²) >= 11 is 0. The van der Waals surface area contributed by atoms with Crippen LogP contribution in [0.3, 0.4) is 0 Å². The van der Waals surface area contributed by atoms with Crippen molar-refractivity contribution in [3.8, 4) is 0 Å². The molecule has 2 heterocycles. The van der Waals surface area contributed by atoms with Gasteiger partial charge < -0.3 is 9.64 Å². The molecule has 0 saturated carbocycles. The van der Waals surface area contributed by atoms with Gasteiger partial charge in [0.25, 0.3) is 0 Å². The Bertz CT molecular complexity index is 696. The van der Waals surface area contributed by atoms with Crippen LogP contribution < -0.4 is 9.62 Å². The Morgan fingerprint density at radius 3 is 2.87 bits per heavy atom. The van der Waals surface area contributed by atoms with Crippen molar-refractivity contribution in [2.24, 2.45) is 0 Å². The van der Waals surface area contributed by atoms with Gasteiger partial charge in [0, 0.05) is 32.3 Å². The number of anilines is 1. The van der Waals surface area contributed by atoms with E-state index in [2.05, 4.69) is 4.72 Å². The summed E-state index contributed by atoms with van der Waals surface area (Å²) in [5, 5.41) is 0. The molecule has 0 unspecified atom stereocenters. The van der Waals surface area contributed by atoms with E-state index in [1.807, 2.05) is 0 Å². The van der Waals surface area contributed by atoms with Gasteiger partial charge >= 0.3 is 0 Å². The number of amides is 1. The zero-order valence-corrected chi connectivity index (χ0v) is 14.1. The van der Waals surface area contributed by atoms with E-state index in [0.717, 1.165) is 30.5 Å². The quantitative estimate of drug-likeness (QED) is 0.901. The van der Waals surface area contributed by atoms with E-state index in [4.69, 9.17) is 4.74 Å². The number of benzene rings is 1. The number of hydrogen-bond acceptors (Lipinski definition) is 4. The first kappa shape index (κ1) is 16.4. The Morgan fingerprint density at radius 1 is 1.30 bits per heavy atom. The van der Waals surface area contributed by atoms with Crippen LogP contribution in [0.1, 0.15) is 31.2 Å². The van der Waals surface area contributed by atoms with Crippen LogP contribution in [-0.4, -0.2) is 40.6 Å². The number of nitrogens with one attached hydrogen (secondary N) is 1. The Labute approximate surface area is 136 Å². The van der Waals surface area contributed by atoms with Crippen LogP contribution in [0.2, 0.25) is 0 Å². The summed E-state index contributed by atoms with van der Waals surface area (Å²) < 4.78 is 33.0. The van der Waals surface area contributed by atoms with Gasteiger partial charge in [-0.05, 0) is 49.4 Å². The second-order valence-electron chi connectivity index (χ2n) is 6.08. The molecule has 7 heteroatoms. The number of rotatable bonds is 4. The van der Waals surface area contributed by atoms with Crippen molar-refractivity contribution in [1.82, 2.24) is 4.72 Å². The predicted molar refractivity (Wildman–Crippen MR) is 87.0 cm³/mol. The van der Waals surface area contributed by atoms with Crippen molar-refractivity contribution < 1.29 is 17.9 Å². The summed E-state index contributed by atoms with van der Waals surface area (Å²) in [6.07, 6.45) is 3.77. The predicted octanol–water partition coefficient (Wildman–Crippen LogP) is 1.44. The second kappa shape index (κ2) is 6.59. The first-order chi connectivity index (χ1) is 11.0. The fourth-order valence-corrected chi connectivity index (χ4v) is 4.20. The Kier molecular flexibility index (Phi) is 4.70. The highest BCUT2D eigenvalue weighted by atomic mass is 32.2. The van der Waals surface area contributed by atoms with E-state index in [9.17, 15) is 13.2 Å². The molecule has 0 aliphatic carbocycles. The van der Waals surface area contributed by atoms with E-state index in [1.165, 1.54) is 0 Å². The fourth-order valence-electron chi connectivity index (χ4n) is 3.08. The number of aryl methyl sites for hydroxylation is 1. The highest BCUT2D eigenvalue weighted by Crippen LogP contribution is 2.28. The number of carbonyl (C=O) groups is 1. The number of nitrogens with zero attached hydrogens (tertiary/aromatic N) is 1. The van der Waals surface area contributed by atoms with Crippen LogP contribution >= 0.6 is 0 Å². The van der Waals surface area contributed by atoms with Crippen molar-refractivity contribution >= 4 is 21.6 Å². The lowest BCUT2D eigenvalue weighted by Gasteiger charge is -2.18. The minimum Gasteiger partial charge on any atom is -0.377 e. The van der Waals surface area contributed by atoms with Crippen molar-refractivity contribution in [3.05, 3.63) is 23.8 Å². The van der Waals surface area contributed by atoms with Crippen molar-refractivity contribution in [1.29, 1.82) is 0 Å². The SMILES string of the molecule is CN1C(=O)CCCc2cc(S(=O)(=O)NC[C@@H]3CCCO3)ccc21. The molecular weight excluding hydrogens is 316 g/mol. The van der Waals surface area contributed by atoms with Gasteiger partial charge in [0.1, 0.15) is 0 Å². The molecule has 126 valence electrons. The maximum absolute atomic E-state index is 12.5. The normalized spacial score (nSPS) is 22.0. The lowest BCUT2D eigenvalue weighted by atomic mass is 10.1. The summed E-state index contributed by atoms with van der Waals surface area (Å²) in [5.41, 5.74) is 1.70. The van der Waals surface area contributed by atoms with Gasteiger partial charge in [-0.3, -0.25) is 4.79 Å². The minimum absolute atomic E-state index is 0.0330. The lowest BCUT2D eigenvalue weighted by Crippen LogP contribution is -2.32. The van der Waals surface area contributed by atoms with E-state index in [0.29, 0.717) is 26.0 Å². The van der Waals surface area contributed by atoms with Crippen LogP contribution in [0.25, 0.3) is 0 Å². The number of hydrogen-bond donors (Lipinski definition) is 1. The van der Waals surface area contributed by atoms with Crippen molar-refractivity contribution in [2.75, 3.05) is 25.1 Å². The monoisotopic (exact) mass is 338 g/mol. The van der Waals surface area contributed by atoms with E-state index < -0.39 is 10.0 Å². The van der Waals surface area contributed by atoms with E-state index >= 15 is 0 Å². The molecule has 1 saturated heterocycles. The average Bonchev–Trinajstić information content (AvgIpc) is 3.01. The average molecular weight is 338 g/mol. The first-order valence-corrected chi connectivity index (χ1v) is 9.46. The molecule has 1 aromatic rings. The molecule has 23 heavy (non-hydrogen) atoms. The standard InChI is InChI=1S/C16H22N2O4S/c1-18-15-8-7-14(10-12(15)4-2-6-16(18)19)23(20,21)17-11-13-5-3-9-22-13/h7-8,10,13,17H,2-6,9,11H2,1H3/t13-/m0/s1. The Morgan fingerprint density at radius 2 is 2.13 bits per heavy atom. The Hall–Kier alpha value is -1.44. The maximum Gasteiger partial charge on any atom is 0.240 e. The molecule has 0 spiro atoms. The number of sulfonamides is 1. The van der Waals surface area contributed by atoms with E-state index in [-0.39, 0.29) is 16.9 Å². The van der Waals surface area contributed by atoms with E-state index in [1.54, 1.807) is 30.1 Å². The van der Waals surface area contributed by atoms with Gasteiger partial charge in [0.2, 0.25) is 15.9 Å². The van der Waals surface area contributed by atoms with Crippen LogP contribution in [0.15, 0.2) is 23.1 Å². The van der Waals surface area contributed by atoms with Crippen molar-refractivity contribution in [2.45, 2.75) is 43.1 Å². The first-order valence-electron chi connectivity index (χ1n) is 7.98. The molecule has 2 aliphatic rings. The number of carbonyl (C=O) groups excluding carboxylic acids is 1. The zero-order chi connectivity index (χ0) is 16.4. The summed E-state index contributed by atoms with van der Waals surface area (Å²) in [4.78, 5) is 13.7. The molecule has 1 N–H and O–H groups in total. The summed E-state index contributed by atoms with van der Waals surface area (Å²) in [5.74, 6) is 0.0656. The zero-order valence-electron chi connectivity index (χ0n) is 13.2. The number of ether oxygens (including phenoxy) is 1. The van der Waals surface area contributed by atoms with Gasteiger partial charge in [-0.15, -0.1) is 0 Å². The highest BCUT2D eigenvalue weighted by Gasteiger charge is 2.23. The van der Waals surface area contributed by atoms with Gasteiger partial charge in [-0.2, -0.15) is 0 Å². The molecule has 0 aromatic heterocycles. The molecule has 2 aliphatic heterocycles. The number of fused-ring (bicyclic) bond motifs is 1. The van der Waals surface area contributed by atoms with Crippen LogP contribution in [0.5, 0.6) is 0 Å². The summed E-state index contributed by atoms with van der Waals surface area (Å²) in [6, 6.07) is 4.97. The molecule has 0 bridgehead atoms. The maximum atomic E-state index is 12.5. The molecule has 6 nitrogen and oxygen atoms in total. The van der Waals surface area contributed by atoms with Gasteiger partial charge in [0.15, 0.2) is 0 Å². The fraction of sp³-hybridized carbons (Fsp3) is 0.562. The summed E-state index contributed by atoms with van der Waals surface area (Å²) in [7, 11) is -1.83. The van der Waals surface area contributed by atoms with Crippen LogP contribution in [0.4, 0.5) is 5.69 Å². The molecule has 1 atom stereocenters. The topological polar surface area (TPSA) is 75.7 Å². The molecule has 0 radical (unpaired) electrons. The van der Waals surface area contributed by atoms with Crippen LogP contribution in [0, 0.1) is 0 Å². The van der Waals surface area contributed by atoms with Gasteiger partial charge in [0.05, 0.1) is 11.0 Å². The third-order valence-corrected chi connectivity index (χ3v) is 5.88. The van der Waals surface area contributed by atoms with Crippen molar-refractivity contribution in [3.63, 3.8) is 0 Å². The molecular formula is C16H22N2O4S. The largest absolute Gasteiger partial charge is 0.377 e. The molecule has 3 rings (SSSR count). The summed E-state index contributed by atoms with van der Waals surface area (Å²) in [6.45, 7) is 1.00. The smallest absolute Gasteiger partial charge is 0.240 e. The second-order valence-corrected chi connectivity index (χ2v) is 7.85. The van der Waals surface area contributed by atoms with Gasteiger partial charge in [-0.1, -0.05) is 0 Å².